The van der Waals surface area contributed by atoms with Gasteiger partial charge in [-0.1, -0.05) is 50.5 Å². The second-order valence-electron chi connectivity index (χ2n) is 5.96. The van der Waals surface area contributed by atoms with E-state index < -0.39 is 0 Å². The first-order chi connectivity index (χ1) is 9.88. The minimum Gasteiger partial charge on any atom is -0.310 e. The number of fused-ring (bicyclic) bond motifs is 1. The van der Waals surface area contributed by atoms with E-state index in [-0.39, 0.29) is 0 Å². The monoisotopic (exact) mass is 268 g/mol. The lowest BCUT2D eigenvalue weighted by atomic mass is 9.83. The van der Waals surface area contributed by atoms with Crippen LogP contribution in [0.4, 0.5) is 0 Å². The van der Waals surface area contributed by atoms with Crippen LogP contribution in [0.3, 0.4) is 0 Å². The normalized spacial score (nSPS) is 23.1. The number of aromatic nitrogens is 1. The number of hydrogen-bond acceptors (Lipinski definition) is 2. The quantitative estimate of drug-likeness (QED) is 0.894. The zero-order valence-corrected chi connectivity index (χ0v) is 12.3. The van der Waals surface area contributed by atoms with Crippen LogP contribution in [-0.2, 0) is 6.54 Å². The zero-order chi connectivity index (χ0) is 13.8. The maximum absolute atomic E-state index is 4.38. The standard InChI is InChI=1S/C18H24N2/c1-2-14-7-4-6-10-18(14)20-13-16-12-19-11-15-8-3-5-9-17(15)16/h3,5,8-9,11-12,14,18,20H,2,4,6-7,10,13H2,1H3. The topological polar surface area (TPSA) is 24.9 Å². The van der Waals surface area contributed by atoms with Crippen molar-refractivity contribution in [3.63, 3.8) is 0 Å². The Morgan fingerprint density at radius 1 is 1.15 bits per heavy atom. The van der Waals surface area contributed by atoms with E-state index >= 15 is 0 Å². The van der Waals surface area contributed by atoms with Crippen LogP contribution in [0, 0.1) is 5.92 Å². The van der Waals surface area contributed by atoms with E-state index in [1.54, 1.807) is 0 Å². The Bertz CT molecular complexity index is 559. The van der Waals surface area contributed by atoms with Gasteiger partial charge in [0.25, 0.3) is 0 Å². The van der Waals surface area contributed by atoms with Gasteiger partial charge in [0.1, 0.15) is 0 Å². The average molecular weight is 268 g/mol. The highest BCUT2D eigenvalue weighted by atomic mass is 14.9. The lowest BCUT2D eigenvalue weighted by Crippen LogP contribution is -2.37. The molecule has 106 valence electrons. The Morgan fingerprint density at radius 3 is 2.90 bits per heavy atom. The minimum absolute atomic E-state index is 0.688. The van der Waals surface area contributed by atoms with Crippen LogP contribution in [0.25, 0.3) is 10.8 Å². The molecule has 3 rings (SSSR count). The molecule has 20 heavy (non-hydrogen) atoms. The Hall–Kier alpha value is -1.41. The number of pyridine rings is 1. The van der Waals surface area contributed by atoms with E-state index in [9.17, 15) is 0 Å². The molecule has 0 saturated heterocycles. The van der Waals surface area contributed by atoms with Crippen molar-refractivity contribution in [3.05, 3.63) is 42.2 Å². The fourth-order valence-electron chi connectivity index (χ4n) is 3.53. The lowest BCUT2D eigenvalue weighted by molar-refractivity contribution is 0.254. The second-order valence-corrected chi connectivity index (χ2v) is 5.96. The number of nitrogens with zero attached hydrogens (tertiary/aromatic N) is 1. The number of benzene rings is 1. The lowest BCUT2D eigenvalue weighted by Gasteiger charge is -2.31. The molecule has 0 spiro atoms. The first-order valence-corrected chi connectivity index (χ1v) is 7.93. The van der Waals surface area contributed by atoms with Crippen molar-refractivity contribution in [2.75, 3.05) is 0 Å². The van der Waals surface area contributed by atoms with Gasteiger partial charge in [-0.25, -0.2) is 0 Å². The number of rotatable bonds is 4. The van der Waals surface area contributed by atoms with Crippen LogP contribution in [0.2, 0.25) is 0 Å². The van der Waals surface area contributed by atoms with Gasteiger partial charge in [-0.3, -0.25) is 4.98 Å². The molecular formula is C18H24N2. The third-order valence-corrected chi connectivity index (χ3v) is 4.74. The minimum atomic E-state index is 0.688. The van der Waals surface area contributed by atoms with Gasteiger partial charge in [0.05, 0.1) is 0 Å². The molecule has 2 heteroatoms. The Labute approximate surface area is 121 Å². The van der Waals surface area contributed by atoms with E-state index in [0.29, 0.717) is 6.04 Å². The first kappa shape index (κ1) is 13.6. The summed E-state index contributed by atoms with van der Waals surface area (Å²) < 4.78 is 0. The summed E-state index contributed by atoms with van der Waals surface area (Å²) >= 11 is 0. The third kappa shape index (κ3) is 2.85. The molecule has 1 heterocycles. The molecule has 2 atom stereocenters. The van der Waals surface area contributed by atoms with E-state index in [1.165, 1.54) is 48.4 Å². The predicted octanol–water partition coefficient (Wildman–Crippen LogP) is 4.29. The Kier molecular flexibility index (Phi) is 4.31. The van der Waals surface area contributed by atoms with Crippen LogP contribution in [0.15, 0.2) is 36.7 Å². The molecule has 1 fully saturated rings. The fraction of sp³-hybridized carbons (Fsp3) is 0.500. The summed E-state index contributed by atoms with van der Waals surface area (Å²) in [6, 6.07) is 9.22. The summed E-state index contributed by atoms with van der Waals surface area (Å²) in [7, 11) is 0. The third-order valence-electron chi connectivity index (χ3n) is 4.74. The molecule has 0 radical (unpaired) electrons. The van der Waals surface area contributed by atoms with Crippen LogP contribution in [-0.4, -0.2) is 11.0 Å². The fourth-order valence-corrected chi connectivity index (χ4v) is 3.53. The highest BCUT2D eigenvalue weighted by Gasteiger charge is 2.22. The van der Waals surface area contributed by atoms with Gasteiger partial charge in [-0.15, -0.1) is 0 Å². The van der Waals surface area contributed by atoms with Gasteiger partial charge >= 0.3 is 0 Å². The second kappa shape index (κ2) is 6.36. The highest BCUT2D eigenvalue weighted by Crippen LogP contribution is 2.27. The molecular weight excluding hydrogens is 244 g/mol. The molecule has 1 N–H and O–H groups in total. The molecule has 0 bridgehead atoms. The van der Waals surface area contributed by atoms with Gasteiger partial charge in [0.2, 0.25) is 0 Å². The van der Waals surface area contributed by atoms with Crippen molar-refractivity contribution < 1.29 is 0 Å². The van der Waals surface area contributed by atoms with Crippen LogP contribution < -0.4 is 5.32 Å². The SMILES string of the molecule is CCC1CCCCC1NCc1cncc2ccccc12. The van der Waals surface area contributed by atoms with Gasteiger partial charge in [-0.2, -0.15) is 0 Å². The Balaban J connectivity index is 1.73. The molecule has 2 nitrogen and oxygen atoms in total. The molecule has 0 amide bonds. The first-order valence-electron chi connectivity index (χ1n) is 7.93. The average Bonchev–Trinajstić information content (AvgIpc) is 2.53. The summed E-state index contributed by atoms with van der Waals surface area (Å²) in [5, 5.41) is 6.36. The Morgan fingerprint density at radius 2 is 2.00 bits per heavy atom. The molecule has 1 saturated carbocycles. The molecule has 1 aromatic heterocycles. The number of hydrogen-bond donors (Lipinski definition) is 1. The van der Waals surface area contributed by atoms with Crippen molar-refractivity contribution in [3.8, 4) is 0 Å². The summed E-state index contributed by atoms with van der Waals surface area (Å²) in [6.07, 6.45) is 10.8. The zero-order valence-electron chi connectivity index (χ0n) is 12.3. The van der Waals surface area contributed by atoms with E-state index in [2.05, 4.69) is 41.5 Å². The van der Waals surface area contributed by atoms with Crippen molar-refractivity contribution in [2.24, 2.45) is 5.92 Å². The highest BCUT2D eigenvalue weighted by molar-refractivity contribution is 5.84. The summed E-state index contributed by atoms with van der Waals surface area (Å²) in [5.41, 5.74) is 1.32. The van der Waals surface area contributed by atoms with Crippen LogP contribution in [0.1, 0.15) is 44.6 Å². The molecule has 2 unspecified atom stereocenters. The van der Waals surface area contributed by atoms with Crippen molar-refractivity contribution in [1.29, 1.82) is 0 Å². The summed E-state index contributed by atoms with van der Waals surface area (Å²) in [5.74, 6) is 0.853. The molecule has 1 aromatic carbocycles. The molecule has 1 aliphatic carbocycles. The summed E-state index contributed by atoms with van der Waals surface area (Å²) in [6.45, 7) is 3.26. The molecule has 2 aromatic rings. The predicted molar refractivity (Wildman–Crippen MR) is 84.6 cm³/mol. The van der Waals surface area contributed by atoms with Gasteiger partial charge in [-0.05, 0) is 29.7 Å². The molecule has 0 aliphatic heterocycles. The number of nitrogens with one attached hydrogen (secondary N) is 1. The van der Waals surface area contributed by atoms with E-state index in [0.717, 1.165) is 12.5 Å². The largest absolute Gasteiger partial charge is 0.310 e. The van der Waals surface area contributed by atoms with Gasteiger partial charge in [0.15, 0.2) is 0 Å². The van der Waals surface area contributed by atoms with Gasteiger partial charge in [0, 0.05) is 30.4 Å². The maximum Gasteiger partial charge on any atom is 0.0346 e. The smallest absolute Gasteiger partial charge is 0.0346 e. The maximum atomic E-state index is 4.38. The molecule has 1 aliphatic rings. The van der Waals surface area contributed by atoms with Crippen LogP contribution in [0.5, 0.6) is 0 Å². The van der Waals surface area contributed by atoms with Gasteiger partial charge < -0.3 is 5.32 Å². The van der Waals surface area contributed by atoms with Crippen molar-refractivity contribution in [1.82, 2.24) is 10.3 Å². The van der Waals surface area contributed by atoms with E-state index in [4.69, 9.17) is 0 Å². The van der Waals surface area contributed by atoms with Crippen molar-refractivity contribution in [2.45, 2.75) is 51.6 Å². The van der Waals surface area contributed by atoms with Crippen LogP contribution >= 0.6 is 0 Å². The van der Waals surface area contributed by atoms with Crippen molar-refractivity contribution >= 4 is 10.8 Å². The van der Waals surface area contributed by atoms with E-state index in [1.807, 2.05) is 12.4 Å². The summed E-state index contributed by atoms with van der Waals surface area (Å²) in [4.78, 5) is 4.38.